The van der Waals surface area contributed by atoms with Crippen LogP contribution in [0.15, 0.2) is 29.4 Å². The molecule has 0 aliphatic carbocycles. The van der Waals surface area contributed by atoms with Crippen molar-refractivity contribution >= 4 is 41.3 Å². The van der Waals surface area contributed by atoms with Gasteiger partial charge in [-0.25, -0.2) is 14.4 Å². The molecule has 0 radical (unpaired) electrons. The fourth-order valence-corrected chi connectivity index (χ4v) is 2.91. The van der Waals surface area contributed by atoms with Crippen molar-refractivity contribution in [3.63, 3.8) is 0 Å². The number of thiazole rings is 1. The number of halogens is 2. The number of benzene rings is 1. The van der Waals surface area contributed by atoms with E-state index in [4.69, 9.17) is 4.74 Å². The summed E-state index contributed by atoms with van der Waals surface area (Å²) in [5.74, 6) is 0.579. The molecule has 0 unspecified atom stereocenters. The van der Waals surface area contributed by atoms with Gasteiger partial charge in [-0.1, -0.05) is 6.07 Å². The molecule has 1 aromatic carbocycles. The van der Waals surface area contributed by atoms with Crippen LogP contribution in [0.2, 0.25) is 0 Å². The van der Waals surface area contributed by atoms with Gasteiger partial charge in [0.15, 0.2) is 17.5 Å². The molecule has 0 saturated heterocycles. The lowest BCUT2D eigenvalue weighted by atomic mass is 10.2. The van der Waals surface area contributed by atoms with Gasteiger partial charge in [-0.15, -0.1) is 35.3 Å². The summed E-state index contributed by atoms with van der Waals surface area (Å²) in [7, 11) is 1.45. The van der Waals surface area contributed by atoms with Crippen LogP contribution in [-0.2, 0) is 13.0 Å². The van der Waals surface area contributed by atoms with E-state index in [0.717, 1.165) is 30.1 Å². The van der Waals surface area contributed by atoms with Crippen LogP contribution in [0, 0.1) is 12.7 Å². The molecule has 8 heteroatoms. The molecule has 0 aliphatic rings. The summed E-state index contributed by atoms with van der Waals surface area (Å²) < 4.78 is 18.6. The summed E-state index contributed by atoms with van der Waals surface area (Å²) in [6, 6.07) is 4.88. The number of rotatable bonds is 7. The topological polar surface area (TPSA) is 58.5 Å². The largest absolute Gasteiger partial charge is 0.494 e. The van der Waals surface area contributed by atoms with Crippen LogP contribution in [0.3, 0.4) is 0 Å². The highest BCUT2D eigenvalue weighted by Crippen LogP contribution is 2.18. The Balaban J connectivity index is 0.00000312. The average Bonchev–Trinajstić information content (AvgIpc) is 2.98. The molecule has 2 aromatic rings. The van der Waals surface area contributed by atoms with E-state index in [1.165, 1.54) is 18.1 Å². The Bertz CT molecular complexity index is 693. The summed E-state index contributed by atoms with van der Waals surface area (Å²) in [4.78, 5) is 10.0. The first-order valence-electron chi connectivity index (χ1n) is 7.88. The molecule has 0 amide bonds. The number of nitrogens with zero attached hydrogens (tertiary/aromatic N) is 2. The molecule has 0 atom stereocenters. The molecule has 5 nitrogen and oxygen atoms in total. The maximum atomic E-state index is 13.7. The summed E-state index contributed by atoms with van der Waals surface area (Å²) >= 11 is 1.70. The number of ether oxygens (including phenoxy) is 1. The number of nitrogens with one attached hydrogen (secondary N) is 2. The Morgan fingerprint density at radius 1 is 1.36 bits per heavy atom. The van der Waals surface area contributed by atoms with Gasteiger partial charge in [0.1, 0.15) is 0 Å². The van der Waals surface area contributed by atoms with Gasteiger partial charge in [0.05, 0.1) is 18.7 Å². The standard InChI is InChI=1S/C17H23FN4OS.HI/c1-4-19-17(20-8-7-16-21-10-12(2)24-16)22-11-13-5-6-15(23-3)14(18)9-13;/h5-6,9-10H,4,7-8,11H2,1-3H3,(H2,19,20,22);1H. The second kappa shape index (κ2) is 11.2. The molecule has 0 bridgehead atoms. The van der Waals surface area contributed by atoms with Crippen molar-refractivity contribution in [1.82, 2.24) is 15.6 Å². The summed E-state index contributed by atoms with van der Waals surface area (Å²) in [6.45, 7) is 5.96. The fourth-order valence-electron chi connectivity index (χ4n) is 2.13. The van der Waals surface area contributed by atoms with E-state index >= 15 is 0 Å². The molecule has 0 spiro atoms. The molecule has 1 heterocycles. The number of hydrogen-bond acceptors (Lipinski definition) is 4. The van der Waals surface area contributed by atoms with E-state index in [-0.39, 0.29) is 35.5 Å². The van der Waals surface area contributed by atoms with Crippen molar-refractivity contribution in [1.29, 1.82) is 0 Å². The monoisotopic (exact) mass is 478 g/mol. The van der Waals surface area contributed by atoms with Crippen molar-refractivity contribution < 1.29 is 9.13 Å². The normalized spacial score (nSPS) is 11.0. The summed E-state index contributed by atoms with van der Waals surface area (Å²) in [5.41, 5.74) is 0.793. The minimum absolute atomic E-state index is 0. The van der Waals surface area contributed by atoms with E-state index < -0.39 is 0 Å². The first-order chi connectivity index (χ1) is 11.6. The lowest BCUT2D eigenvalue weighted by molar-refractivity contribution is 0.386. The first-order valence-corrected chi connectivity index (χ1v) is 8.70. The Kier molecular flexibility index (Phi) is 9.73. The highest BCUT2D eigenvalue weighted by molar-refractivity contribution is 14.0. The third-order valence-electron chi connectivity index (χ3n) is 3.28. The fraction of sp³-hybridized carbons (Fsp3) is 0.412. The molecule has 1 aromatic heterocycles. The molecular formula is C17H24FIN4OS. The van der Waals surface area contributed by atoms with Crippen molar-refractivity contribution in [2.75, 3.05) is 20.2 Å². The number of aromatic nitrogens is 1. The van der Waals surface area contributed by atoms with Gasteiger partial charge in [0.25, 0.3) is 0 Å². The Morgan fingerprint density at radius 3 is 2.76 bits per heavy atom. The zero-order valence-corrected chi connectivity index (χ0v) is 17.8. The van der Waals surface area contributed by atoms with Crippen LogP contribution in [0.4, 0.5) is 4.39 Å². The van der Waals surface area contributed by atoms with Crippen molar-refractivity contribution in [2.24, 2.45) is 4.99 Å². The number of aliphatic imine (C=N–C) groups is 1. The number of aryl methyl sites for hydroxylation is 1. The Morgan fingerprint density at radius 2 is 2.16 bits per heavy atom. The van der Waals surface area contributed by atoms with E-state index in [9.17, 15) is 4.39 Å². The summed E-state index contributed by atoms with van der Waals surface area (Å²) in [5, 5.41) is 7.56. The van der Waals surface area contributed by atoms with E-state index in [2.05, 4.69) is 20.6 Å². The maximum absolute atomic E-state index is 13.7. The first kappa shape index (κ1) is 21.6. The average molecular weight is 478 g/mol. The van der Waals surface area contributed by atoms with Gasteiger partial charge < -0.3 is 15.4 Å². The summed E-state index contributed by atoms with van der Waals surface area (Å²) in [6.07, 6.45) is 2.73. The van der Waals surface area contributed by atoms with E-state index in [1.54, 1.807) is 17.4 Å². The van der Waals surface area contributed by atoms with Crippen molar-refractivity contribution in [3.05, 3.63) is 45.7 Å². The molecule has 0 saturated carbocycles. The van der Waals surface area contributed by atoms with Gasteiger partial charge in [0.2, 0.25) is 0 Å². The predicted molar refractivity (Wildman–Crippen MR) is 112 cm³/mol. The minimum Gasteiger partial charge on any atom is -0.494 e. The minimum atomic E-state index is -0.373. The second-order valence-electron chi connectivity index (χ2n) is 5.21. The van der Waals surface area contributed by atoms with Crippen molar-refractivity contribution in [3.8, 4) is 5.75 Å². The molecular weight excluding hydrogens is 454 g/mol. The predicted octanol–water partition coefficient (Wildman–Crippen LogP) is 3.52. The molecule has 0 fully saturated rings. The smallest absolute Gasteiger partial charge is 0.191 e. The van der Waals surface area contributed by atoms with Gasteiger partial charge in [-0.05, 0) is 31.5 Å². The lowest BCUT2D eigenvalue weighted by Crippen LogP contribution is -2.38. The third kappa shape index (κ3) is 7.15. The maximum Gasteiger partial charge on any atom is 0.191 e. The van der Waals surface area contributed by atoms with Crippen LogP contribution < -0.4 is 15.4 Å². The van der Waals surface area contributed by atoms with Crippen molar-refractivity contribution in [2.45, 2.75) is 26.8 Å². The SMILES string of the molecule is CCNC(=NCc1ccc(OC)c(F)c1)NCCc1ncc(C)s1.I. The van der Waals surface area contributed by atoms with E-state index in [1.807, 2.05) is 26.1 Å². The van der Waals surface area contributed by atoms with Crippen LogP contribution in [-0.4, -0.2) is 31.1 Å². The van der Waals surface area contributed by atoms with Gasteiger partial charge in [-0.2, -0.15) is 0 Å². The third-order valence-corrected chi connectivity index (χ3v) is 4.25. The molecule has 138 valence electrons. The van der Waals surface area contributed by atoms with Gasteiger partial charge in [0, 0.05) is 30.6 Å². The Labute approximate surface area is 169 Å². The van der Waals surface area contributed by atoms with Crippen LogP contribution in [0.25, 0.3) is 0 Å². The number of hydrogen-bond donors (Lipinski definition) is 2. The van der Waals surface area contributed by atoms with Crippen LogP contribution in [0.5, 0.6) is 5.75 Å². The quantitative estimate of drug-likeness (QED) is 0.364. The molecule has 0 aliphatic heterocycles. The van der Waals surface area contributed by atoms with Gasteiger partial charge >= 0.3 is 0 Å². The Hall–Kier alpha value is -1.42. The molecule has 2 rings (SSSR count). The molecule has 25 heavy (non-hydrogen) atoms. The number of methoxy groups -OCH3 is 1. The van der Waals surface area contributed by atoms with Gasteiger partial charge in [-0.3, -0.25) is 0 Å². The molecule has 2 N–H and O–H groups in total. The highest BCUT2D eigenvalue weighted by Gasteiger charge is 2.04. The van der Waals surface area contributed by atoms with Crippen LogP contribution >= 0.6 is 35.3 Å². The highest BCUT2D eigenvalue weighted by atomic mass is 127. The second-order valence-corrected chi connectivity index (χ2v) is 6.52. The lowest BCUT2D eigenvalue weighted by Gasteiger charge is -2.11. The zero-order chi connectivity index (χ0) is 17.4. The number of guanidine groups is 1. The van der Waals surface area contributed by atoms with E-state index in [0.29, 0.717) is 12.5 Å². The zero-order valence-electron chi connectivity index (χ0n) is 14.6. The van der Waals surface area contributed by atoms with Crippen LogP contribution in [0.1, 0.15) is 22.4 Å².